The predicted molar refractivity (Wildman–Crippen MR) is 100 cm³/mol. The van der Waals surface area contributed by atoms with Crippen LogP contribution in [0.2, 0.25) is 0 Å². The van der Waals surface area contributed by atoms with E-state index in [1.54, 1.807) is 18.2 Å². The highest BCUT2D eigenvalue weighted by Gasteiger charge is 2.15. The van der Waals surface area contributed by atoms with Crippen LogP contribution in [-0.4, -0.2) is 35.7 Å². The van der Waals surface area contributed by atoms with Crippen molar-refractivity contribution >= 4 is 23.4 Å². The van der Waals surface area contributed by atoms with Crippen LogP contribution in [0.15, 0.2) is 48.5 Å². The molecule has 27 heavy (non-hydrogen) atoms. The van der Waals surface area contributed by atoms with Crippen molar-refractivity contribution in [2.24, 2.45) is 0 Å². The average Bonchev–Trinajstić information content (AvgIpc) is 2.61. The largest absolute Gasteiger partial charge is 0.345 e. The van der Waals surface area contributed by atoms with Gasteiger partial charge < -0.3 is 15.5 Å². The van der Waals surface area contributed by atoms with Gasteiger partial charge in [0.2, 0.25) is 17.7 Å². The predicted octanol–water partition coefficient (Wildman–Crippen LogP) is 2.24. The molecule has 2 aromatic carbocycles. The molecule has 2 N–H and O–H groups in total. The number of anilines is 1. The van der Waals surface area contributed by atoms with Gasteiger partial charge in [0.15, 0.2) is 0 Å². The average molecular weight is 371 g/mol. The molecule has 0 unspecified atom stereocenters. The summed E-state index contributed by atoms with van der Waals surface area (Å²) in [4.78, 5) is 37.1. The summed E-state index contributed by atoms with van der Waals surface area (Å²) in [7, 11) is 0. The first-order valence-electron chi connectivity index (χ1n) is 8.46. The fourth-order valence-electron chi connectivity index (χ4n) is 2.42. The number of carbonyl (C=O) groups excluding carboxylic acids is 3. The summed E-state index contributed by atoms with van der Waals surface area (Å²) in [6.45, 7) is 3.05. The lowest BCUT2D eigenvalue weighted by Gasteiger charge is -2.20. The van der Waals surface area contributed by atoms with Crippen molar-refractivity contribution in [1.82, 2.24) is 10.2 Å². The van der Waals surface area contributed by atoms with Crippen LogP contribution in [0.5, 0.6) is 0 Å². The molecular formula is C20H22FN3O3. The molecule has 0 radical (unpaired) electrons. The van der Waals surface area contributed by atoms with E-state index in [4.69, 9.17) is 0 Å². The number of aryl methyl sites for hydroxylation is 1. The lowest BCUT2D eigenvalue weighted by atomic mass is 10.2. The van der Waals surface area contributed by atoms with Crippen molar-refractivity contribution in [2.45, 2.75) is 20.4 Å². The third-order valence-corrected chi connectivity index (χ3v) is 3.81. The van der Waals surface area contributed by atoms with Crippen LogP contribution in [-0.2, 0) is 20.9 Å². The second-order valence-electron chi connectivity index (χ2n) is 6.20. The van der Waals surface area contributed by atoms with Crippen molar-refractivity contribution in [1.29, 1.82) is 0 Å². The summed E-state index contributed by atoms with van der Waals surface area (Å²) < 4.78 is 13.0. The molecule has 0 aliphatic carbocycles. The van der Waals surface area contributed by atoms with E-state index in [1.165, 1.54) is 24.0 Å². The Bertz CT molecular complexity index is 821. The number of hydrogen-bond acceptors (Lipinski definition) is 3. The molecule has 0 atom stereocenters. The van der Waals surface area contributed by atoms with Gasteiger partial charge in [-0.1, -0.05) is 24.3 Å². The zero-order valence-corrected chi connectivity index (χ0v) is 15.3. The maximum atomic E-state index is 13.0. The van der Waals surface area contributed by atoms with Gasteiger partial charge in [0, 0.05) is 19.2 Å². The number of benzene rings is 2. The van der Waals surface area contributed by atoms with E-state index in [2.05, 4.69) is 10.6 Å². The number of carbonyl (C=O) groups is 3. The normalized spacial score (nSPS) is 10.2. The van der Waals surface area contributed by atoms with Gasteiger partial charge in [0.05, 0.1) is 13.1 Å². The summed E-state index contributed by atoms with van der Waals surface area (Å²) in [5, 5.41) is 5.18. The summed E-state index contributed by atoms with van der Waals surface area (Å²) in [6, 6.07) is 13.0. The van der Waals surface area contributed by atoms with Crippen molar-refractivity contribution in [3.05, 3.63) is 65.5 Å². The Balaban J connectivity index is 1.83. The Kier molecular flexibility index (Phi) is 7.05. The molecule has 142 valence electrons. The molecule has 0 aliphatic rings. The molecule has 0 fully saturated rings. The van der Waals surface area contributed by atoms with Gasteiger partial charge in [0.1, 0.15) is 5.82 Å². The van der Waals surface area contributed by atoms with Crippen LogP contribution in [0.4, 0.5) is 10.1 Å². The minimum Gasteiger partial charge on any atom is -0.345 e. The molecule has 0 bridgehead atoms. The van der Waals surface area contributed by atoms with Gasteiger partial charge in [-0.2, -0.15) is 0 Å². The highest BCUT2D eigenvalue weighted by Crippen LogP contribution is 2.09. The summed E-state index contributed by atoms with van der Waals surface area (Å²) in [6.07, 6.45) is 0. The fraction of sp³-hybridized carbons (Fsp3) is 0.250. The standard InChI is InChI=1S/C20H22FN3O3/c1-14-4-3-5-18(10-14)23-19(26)11-22-20(27)13-24(15(2)25)12-16-6-8-17(21)9-7-16/h3-10H,11-13H2,1-2H3,(H,22,27)(H,23,26). The Morgan fingerprint density at radius 2 is 1.74 bits per heavy atom. The highest BCUT2D eigenvalue weighted by molar-refractivity contribution is 5.95. The first-order chi connectivity index (χ1) is 12.8. The molecule has 0 saturated heterocycles. The summed E-state index contributed by atoms with van der Waals surface area (Å²) in [5.74, 6) is -1.47. The molecule has 0 saturated carbocycles. The van der Waals surface area contributed by atoms with E-state index in [9.17, 15) is 18.8 Å². The third-order valence-electron chi connectivity index (χ3n) is 3.81. The van der Waals surface area contributed by atoms with Gasteiger partial charge in [0.25, 0.3) is 0 Å². The molecule has 7 heteroatoms. The van der Waals surface area contributed by atoms with Crippen LogP contribution >= 0.6 is 0 Å². The topological polar surface area (TPSA) is 78.5 Å². The minimum absolute atomic E-state index is 0.179. The lowest BCUT2D eigenvalue weighted by molar-refractivity contribution is -0.135. The van der Waals surface area contributed by atoms with Crippen molar-refractivity contribution < 1.29 is 18.8 Å². The molecule has 0 aromatic heterocycles. The van der Waals surface area contributed by atoms with E-state index in [0.717, 1.165) is 5.56 Å². The quantitative estimate of drug-likeness (QED) is 0.783. The smallest absolute Gasteiger partial charge is 0.243 e. The molecule has 2 aromatic rings. The number of amides is 3. The van der Waals surface area contributed by atoms with Crippen molar-refractivity contribution in [3.8, 4) is 0 Å². The first kappa shape index (κ1) is 20.1. The van der Waals surface area contributed by atoms with E-state index in [0.29, 0.717) is 11.3 Å². The Labute approximate surface area is 157 Å². The second kappa shape index (κ2) is 9.47. The van der Waals surface area contributed by atoms with E-state index >= 15 is 0 Å². The maximum Gasteiger partial charge on any atom is 0.243 e. The van der Waals surface area contributed by atoms with Crippen molar-refractivity contribution in [2.75, 3.05) is 18.4 Å². The monoisotopic (exact) mass is 371 g/mol. The molecule has 2 rings (SSSR count). The van der Waals surface area contributed by atoms with E-state index in [1.807, 2.05) is 25.1 Å². The van der Waals surface area contributed by atoms with Gasteiger partial charge >= 0.3 is 0 Å². The molecule has 6 nitrogen and oxygen atoms in total. The zero-order valence-electron chi connectivity index (χ0n) is 15.3. The summed E-state index contributed by atoms with van der Waals surface area (Å²) in [5.41, 5.74) is 2.36. The Morgan fingerprint density at radius 3 is 2.37 bits per heavy atom. The third kappa shape index (κ3) is 6.89. The van der Waals surface area contributed by atoms with E-state index < -0.39 is 5.91 Å². The van der Waals surface area contributed by atoms with Gasteiger partial charge in [-0.15, -0.1) is 0 Å². The maximum absolute atomic E-state index is 13.0. The van der Waals surface area contributed by atoms with Crippen LogP contribution in [0.3, 0.4) is 0 Å². The van der Waals surface area contributed by atoms with Gasteiger partial charge in [-0.25, -0.2) is 4.39 Å². The highest BCUT2D eigenvalue weighted by atomic mass is 19.1. The molecule has 0 aliphatic heterocycles. The number of hydrogen-bond donors (Lipinski definition) is 2. The zero-order chi connectivity index (χ0) is 19.8. The van der Waals surface area contributed by atoms with Crippen LogP contribution < -0.4 is 10.6 Å². The summed E-state index contributed by atoms with van der Waals surface area (Å²) >= 11 is 0. The minimum atomic E-state index is -0.452. The SMILES string of the molecule is CC(=O)N(CC(=O)NCC(=O)Nc1cccc(C)c1)Cc1ccc(F)cc1. The Morgan fingerprint density at radius 1 is 1.04 bits per heavy atom. The van der Waals surface area contributed by atoms with Crippen LogP contribution in [0, 0.1) is 12.7 Å². The van der Waals surface area contributed by atoms with Crippen molar-refractivity contribution in [3.63, 3.8) is 0 Å². The fourth-order valence-corrected chi connectivity index (χ4v) is 2.42. The van der Waals surface area contributed by atoms with Gasteiger partial charge in [-0.3, -0.25) is 14.4 Å². The van der Waals surface area contributed by atoms with E-state index in [-0.39, 0.29) is 37.3 Å². The number of rotatable bonds is 7. The van der Waals surface area contributed by atoms with Gasteiger partial charge in [-0.05, 0) is 42.3 Å². The number of nitrogens with zero attached hydrogens (tertiary/aromatic N) is 1. The molecular weight excluding hydrogens is 349 g/mol. The van der Waals surface area contributed by atoms with Crippen LogP contribution in [0.25, 0.3) is 0 Å². The lowest BCUT2D eigenvalue weighted by Crippen LogP contribution is -2.41. The molecule has 0 heterocycles. The first-order valence-corrected chi connectivity index (χ1v) is 8.46. The van der Waals surface area contributed by atoms with Crippen LogP contribution in [0.1, 0.15) is 18.1 Å². The number of halogens is 1. The molecule has 3 amide bonds. The number of nitrogens with one attached hydrogen (secondary N) is 2. The Hall–Kier alpha value is -3.22. The molecule has 0 spiro atoms. The second-order valence-corrected chi connectivity index (χ2v) is 6.20.